The molecule has 0 amide bonds. The maximum absolute atomic E-state index is 5.39. The molecule has 18 heavy (non-hydrogen) atoms. The van der Waals surface area contributed by atoms with Crippen molar-refractivity contribution >= 4 is 23.0 Å². The Bertz CT molecular complexity index is 495. The fraction of sp³-hybridized carbons (Fsp3) is 0.400. The Labute approximate surface area is 113 Å². The van der Waals surface area contributed by atoms with Crippen LogP contribution in [0.1, 0.15) is 18.4 Å². The zero-order valence-corrected chi connectivity index (χ0v) is 11.3. The third-order valence-corrected chi connectivity index (χ3v) is 4.09. The molecule has 0 unspecified atom stereocenters. The predicted octanol–water partition coefficient (Wildman–Crippen LogP) is 3.25. The summed E-state index contributed by atoms with van der Waals surface area (Å²) in [7, 11) is 0. The summed E-state index contributed by atoms with van der Waals surface area (Å²) >= 11 is 5.39. The van der Waals surface area contributed by atoms with E-state index < -0.39 is 0 Å². The minimum absolute atomic E-state index is 0.518. The summed E-state index contributed by atoms with van der Waals surface area (Å²) in [6.45, 7) is 2.09. The lowest BCUT2D eigenvalue weighted by atomic mass is 10.0. The van der Waals surface area contributed by atoms with E-state index in [1.807, 2.05) is 12.1 Å². The zero-order chi connectivity index (χ0) is 12.5. The molecule has 1 fully saturated rings. The first-order valence-electron chi connectivity index (χ1n) is 6.53. The van der Waals surface area contributed by atoms with Gasteiger partial charge in [0.05, 0.1) is 0 Å². The number of rotatable bonds is 2. The monoisotopic (exact) mass is 258 g/mol. The molecule has 1 aromatic carbocycles. The Morgan fingerprint density at radius 1 is 1.28 bits per heavy atom. The second-order valence-electron chi connectivity index (χ2n) is 5.35. The van der Waals surface area contributed by atoms with E-state index in [1.54, 1.807) is 0 Å². The first-order valence-corrected chi connectivity index (χ1v) is 6.94. The van der Waals surface area contributed by atoms with Gasteiger partial charge in [0.2, 0.25) is 0 Å². The van der Waals surface area contributed by atoms with Crippen molar-refractivity contribution in [1.82, 2.24) is 5.32 Å². The molecule has 0 spiro atoms. The third-order valence-electron chi connectivity index (χ3n) is 3.87. The lowest BCUT2D eigenvalue weighted by Crippen LogP contribution is -2.40. The minimum Gasteiger partial charge on any atom is -0.359 e. The molecule has 1 aromatic rings. The van der Waals surface area contributed by atoms with Gasteiger partial charge in [-0.25, -0.2) is 0 Å². The number of thiocarbonyl (C=S) groups is 1. The van der Waals surface area contributed by atoms with E-state index >= 15 is 0 Å². The predicted molar refractivity (Wildman–Crippen MR) is 79.7 cm³/mol. The van der Waals surface area contributed by atoms with Gasteiger partial charge in [-0.3, -0.25) is 0 Å². The van der Waals surface area contributed by atoms with Crippen molar-refractivity contribution in [2.45, 2.75) is 25.8 Å². The molecule has 3 atom stereocenters. The highest BCUT2D eigenvalue weighted by Crippen LogP contribution is 2.38. The van der Waals surface area contributed by atoms with Gasteiger partial charge in [0.25, 0.3) is 0 Å². The van der Waals surface area contributed by atoms with Crippen LogP contribution in [-0.4, -0.2) is 11.2 Å². The van der Waals surface area contributed by atoms with Crippen LogP contribution in [0.2, 0.25) is 0 Å². The van der Waals surface area contributed by atoms with E-state index in [0.29, 0.717) is 12.0 Å². The topological polar surface area (TPSA) is 24.1 Å². The first kappa shape index (κ1) is 11.7. The number of allylic oxidation sites excluding steroid dienone is 1. The molecule has 0 radical (unpaired) electrons. The highest BCUT2D eigenvalue weighted by Gasteiger charge is 2.35. The van der Waals surface area contributed by atoms with Gasteiger partial charge in [0.15, 0.2) is 5.11 Å². The van der Waals surface area contributed by atoms with Crippen molar-refractivity contribution in [1.29, 1.82) is 0 Å². The molecular formula is C15H18N2S. The van der Waals surface area contributed by atoms with Crippen LogP contribution in [0.3, 0.4) is 0 Å². The van der Waals surface area contributed by atoms with Gasteiger partial charge in [-0.05, 0) is 61.5 Å². The van der Waals surface area contributed by atoms with Crippen molar-refractivity contribution < 1.29 is 0 Å². The summed E-state index contributed by atoms with van der Waals surface area (Å²) in [6.07, 6.45) is 7.20. The molecule has 2 N–H and O–H groups in total. The molecular weight excluding hydrogens is 240 g/mol. The molecule has 0 aliphatic heterocycles. The average Bonchev–Trinajstić information content (AvgIpc) is 2.90. The lowest BCUT2D eigenvalue weighted by Gasteiger charge is -2.22. The lowest BCUT2D eigenvalue weighted by molar-refractivity contribution is 0.526. The number of benzene rings is 1. The van der Waals surface area contributed by atoms with Gasteiger partial charge in [-0.15, -0.1) is 0 Å². The maximum Gasteiger partial charge on any atom is 0.171 e. The zero-order valence-electron chi connectivity index (χ0n) is 10.5. The average molecular weight is 258 g/mol. The summed E-state index contributed by atoms with van der Waals surface area (Å²) in [6, 6.07) is 8.80. The molecule has 2 aliphatic carbocycles. The van der Waals surface area contributed by atoms with Gasteiger partial charge >= 0.3 is 0 Å². The highest BCUT2D eigenvalue weighted by atomic mass is 32.1. The fourth-order valence-electron chi connectivity index (χ4n) is 3.01. The fourth-order valence-corrected chi connectivity index (χ4v) is 3.27. The molecule has 2 nitrogen and oxygen atoms in total. The van der Waals surface area contributed by atoms with Gasteiger partial charge in [0, 0.05) is 11.7 Å². The summed E-state index contributed by atoms with van der Waals surface area (Å²) in [5.74, 6) is 1.45. The Hall–Kier alpha value is -1.35. The number of aryl methyl sites for hydroxylation is 1. The normalized spacial score (nSPS) is 28.4. The summed E-state index contributed by atoms with van der Waals surface area (Å²) in [5, 5.41) is 7.45. The number of anilines is 1. The van der Waals surface area contributed by atoms with Crippen LogP contribution in [0.4, 0.5) is 5.69 Å². The molecule has 0 saturated heterocycles. The molecule has 2 aliphatic rings. The molecule has 1 saturated carbocycles. The standard InChI is InChI=1S/C15H18N2S/c1-10-3-2-4-13(7-10)16-15(18)17-14-9-11-5-6-12(14)8-11/h2-7,11-12,14H,8-9H2,1H3,(H2,16,17,18)/t11-,12+,14+/m0/s1. The Kier molecular flexibility index (Phi) is 3.08. The van der Waals surface area contributed by atoms with Crippen molar-refractivity contribution in [2.75, 3.05) is 5.32 Å². The molecule has 94 valence electrons. The number of hydrogen-bond donors (Lipinski definition) is 2. The van der Waals surface area contributed by atoms with Crippen molar-refractivity contribution in [3.05, 3.63) is 42.0 Å². The largest absolute Gasteiger partial charge is 0.359 e. The van der Waals surface area contributed by atoms with Crippen LogP contribution in [-0.2, 0) is 0 Å². The van der Waals surface area contributed by atoms with Gasteiger partial charge < -0.3 is 10.6 Å². The van der Waals surface area contributed by atoms with Crippen LogP contribution in [0, 0.1) is 18.8 Å². The third kappa shape index (κ3) is 2.41. The van der Waals surface area contributed by atoms with Gasteiger partial charge in [-0.1, -0.05) is 24.3 Å². The SMILES string of the molecule is Cc1cccc(NC(=S)N[C@@H]2C[C@H]3C=C[C@@H]2C3)c1. The van der Waals surface area contributed by atoms with Crippen LogP contribution >= 0.6 is 12.2 Å². The highest BCUT2D eigenvalue weighted by molar-refractivity contribution is 7.80. The summed E-state index contributed by atoms with van der Waals surface area (Å²) in [5.41, 5.74) is 2.30. The van der Waals surface area contributed by atoms with Crippen molar-refractivity contribution in [3.8, 4) is 0 Å². The van der Waals surface area contributed by atoms with Crippen LogP contribution in [0.5, 0.6) is 0 Å². The maximum atomic E-state index is 5.39. The molecule has 3 rings (SSSR count). The van der Waals surface area contributed by atoms with Crippen molar-refractivity contribution in [2.24, 2.45) is 11.8 Å². The van der Waals surface area contributed by atoms with Crippen LogP contribution in [0.15, 0.2) is 36.4 Å². The molecule has 0 heterocycles. The summed E-state index contributed by atoms with van der Waals surface area (Å²) in [4.78, 5) is 0. The Morgan fingerprint density at radius 3 is 2.83 bits per heavy atom. The smallest absolute Gasteiger partial charge is 0.171 e. The van der Waals surface area contributed by atoms with Gasteiger partial charge in [0.1, 0.15) is 0 Å². The van der Waals surface area contributed by atoms with E-state index in [0.717, 1.165) is 16.7 Å². The number of fused-ring (bicyclic) bond motifs is 2. The number of nitrogens with one attached hydrogen (secondary N) is 2. The van der Waals surface area contributed by atoms with E-state index in [-0.39, 0.29) is 0 Å². The number of hydrogen-bond acceptors (Lipinski definition) is 1. The minimum atomic E-state index is 0.518. The summed E-state index contributed by atoms with van der Waals surface area (Å²) < 4.78 is 0. The Morgan fingerprint density at radius 2 is 2.17 bits per heavy atom. The van der Waals surface area contributed by atoms with E-state index in [1.165, 1.54) is 18.4 Å². The molecule has 0 aromatic heterocycles. The van der Waals surface area contributed by atoms with E-state index in [2.05, 4.69) is 41.8 Å². The van der Waals surface area contributed by atoms with E-state index in [4.69, 9.17) is 12.2 Å². The Balaban J connectivity index is 1.58. The second kappa shape index (κ2) is 4.73. The first-order chi connectivity index (χ1) is 8.70. The van der Waals surface area contributed by atoms with Crippen LogP contribution in [0.25, 0.3) is 0 Å². The molecule has 3 heteroatoms. The van der Waals surface area contributed by atoms with Crippen molar-refractivity contribution in [3.63, 3.8) is 0 Å². The second-order valence-corrected chi connectivity index (χ2v) is 5.76. The quantitative estimate of drug-likeness (QED) is 0.629. The van der Waals surface area contributed by atoms with Crippen LogP contribution < -0.4 is 10.6 Å². The molecule has 2 bridgehead atoms. The van der Waals surface area contributed by atoms with Gasteiger partial charge in [-0.2, -0.15) is 0 Å². The van der Waals surface area contributed by atoms with E-state index in [9.17, 15) is 0 Å².